The summed E-state index contributed by atoms with van der Waals surface area (Å²) in [5.41, 5.74) is 1.74. The number of phenols is 2. The number of hydrogen-bond donors (Lipinski definition) is 4. The maximum atomic E-state index is 11.8. The van der Waals surface area contributed by atoms with Crippen molar-refractivity contribution < 1.29 is 23.7 Å². The third kappa shape index (κ3) is 3.02. The molecule has 23 heavy (non-hydrogen) atoms. The molecule has 0 unspecified atom stereocenters. The number of aromatic hydroxyl groups is 2. The van der Waals surface area contributed by atoms with Gasteiger partial charge in [-0.2, -0.15) is 8.42 Å². The van der Waals surface area contributed by atoms with Gasteiger partial charge in [0.2, 0.25) is 5.88 Å². The second-order valence-corrected chi connectivity index (χ2v) is 6.63. The van der Waals surface area contributed by atoms with Crippen molar-refractivity contribution in [2.45, 2.75) is 6.42 Å². The summed E-state index contributed by atoms with van der Waals surface area (Å²) >= 11 is 0. The average molecular weight is 334 g/mol. The van der Waals surface area contributed by atoms with E-state index in [9.17, 15) is 23.7 Å². The number of anilines is 1. The van der Waals surface area contributed by atoms with Gasteiger partial charge in [-0.3, -0.25) is 0 Å². The fourth-order valence-electron chi connectivity index (χ4n) is 2.30. The van der Waals surface area contributed by atoms with E-state index < -0.39 is 16.1 Å². The molecule has 1 heterocycles. The van der Waals surface area contributed by atoms with Crippen LogP contribution in [0.25, 0.3) is 0 Å². The highest BCUT2D eigenvalue weighted by atomic mass is 32.2. The highest BCUT2D eigenvalue weighted by Crippen LogP contribution is 2.33. The Morgan fingerprint density at radius 3 is 2.17 bits per heavy atom. The van der Waals surface area contributed by atoms with E-state index >= 15 is 0 Å². The van der Waals surface area contributed by atoms with Gasteiger partial charge in [0.25, 0.3) is 0 Å². The largest absolute Gasteiger partial charge is 0.508 e. The van der Waals surface area contributed by atoms with Crippen LogP contribution < -0.4 is 9.03 Å². The molecule has 4 N–H and O–H groups in total. The summed E-state index contributed by atoms with van der Waals surface area (Å²) in [4.78, 5) is 0. The van der Waals surface area contributed by atoms with E-state index in [2.05, 4.69) is 0 Å². The smallest absolute Gasteiger partial charge is 0.330 e. The minimum atomic E-state index is -3.94. The number of aliphatic hydroxyl groups excluding tert-OH is 1. The molecular formula is C15H14N2O5S. The first-order chi connectivity index (χ1) is 10.8. The first-order valence-electron chi connectivity index (χ1n) is 6.68. The van der Waals surface area contributed by atoms with Crippen LogP contribution >= 0.6 is 0 Å². The van der Waals surface area contributed by atoms with E-state index in [0.29, 0.717) is 6.42 Å². The lowest BCUT2D eigenvalue weighted by molar-refractivity contribution is 0.392. The van der Waals surface area contributed by atoms with Gasteiger partial charge in [-0.15, -0.1) is 0 Å². The molecule has 0 spiro atoms. The molecule has 7 nitrogen and oxygen atoms in total. The monoisotopic (exact) mass is 334 g/mol. The predicted molar refractivity (Wildman–Crippen MR) is 84.3 cm³/mol. The predicted octanol–water partition coefficient (Wildman–Crippen LogP) is 1.70. The van der Waals surface area contributed by atoms with Gasteiger partial charge in [-0.05, 0) is 41.8 Å². The maximum Gasteiger partial charge on any atom is 0.330 e. The third-order valence-electron chi connectivity index (χ3n) is 3.35. The number of aliphatic hydroxyl groups is 1. The zero-order chi connectivity index (χ0) is 16.6. The van der Waals surface area contributed by atoms with Crippen LogP contribution in [-0.4, -0.2) is 23.7 Å². The van der Waals surface area contributed by atoms with E-state index in [4.69, 9.17) is 0 Å². The quantitative estimate of drug-likeness (QED) is 0.683. The summed E-state index contributed by atoms with van der Waals surface area (Å²) in [5, 5.41) is 28.7. The molecular weight excluding hydrogens is 320 g/mol. The molecule has 0 saturated heterocycles. The average Bonchev–Trinajstić information content (AvgIpc) is 2.74. The normalized spacial score (nSPS) is 16.0. The zero-order valence-corrected chi connectivity index (χ0v) is 12.7. The minimum Gasteiger partial charge on any atom is -0.508 e. The molecule has 0 aliphatic carbocycles. The van der Waals surface area contributed by atoms with E-state index in [1.165, 1.54) is 12.1 Å². The van der Waals surface area contributed by atoms with Crippen molar-refractivity contribution in [1.29, 1.82) is 0 Å². The topological polar surface area (TPSA) is 110 Å². The number of rotatable bonds is 3. The fraction of sp³-hybridized carbons (Fsp3) is 0.0667. The highest BCUT2D eigenvalue weighted by molar-refractivity contribution is 7.91. The van der Waals surface area contributed by atoms with E-state index in [1.54, 1.807) is 30.3 Å². The Balaban J connectivity index is 1.88. The lowest BCUT2D eigenvalue weighted by atomic mass is 10.0. The van der Waals surface area contributed by atoms with Gasteiger partial charge in [0, 0.05) is 0 Å². The van der Waals surface area contributed by atoms with Crippen molar-refractivity contribution in [2.24, 2.45) is 0 Å². The van der Waals surface area contributed by atoms with Crippen LogP contribution in [0.1, 0.15) is 11.1 Å². The fourth-order valence-corrected chi connectivity index (χ4v) is 3.37. The number of phenolic OH excluding ortho intramolecular Hbond substituents is 2. The SMILES string of the molecule is O=S1(=O)NC(O)=CN1c1ccc(Cc2ccc(O)cc2)cc1O. The summed E-state index contributed by atoms with van der Waals surface area (Å²) in [7, 11) is -3.94. The highest BCUT2D eigenvalue weighted by Gasteiger charge is 2.30. The zero-order valence-electron chi connectivity index (χ0n) is 11.8. The Labute approximate surface area is 132 Å². The molecule has 3 rings (SSSR count). The molecule has 120 valence electrons. The first kappa shape index (κ1) is 15.0. The van der Waals surface area contributed by atoms with Crippen LogP contribution in [0, 0.1) is 0 Å². The molecule has 1 aliphatic heterocycles. The van der Waals surface area contributed by atoms with Gasteiger partial charge >= 0.3 is 10.2 Å². The van der Waals surface area contributed by atoms with Crippen molar-refractivity contribution >= 4 is 15.9 Å². The molecule has 0 bridgehead atoms. The minimum absolute atomic E-state index is 0.0380. The van der Waals surface area contributed by atoms with Crippen molar-refractivity contribution in [2.75, 3.05) is 4.31 Å². The summed E-state index contributed by atoms with van der Waals surface area (Å²) in [5.74, 6) is -0.569. The van der Waals surface area contributed by atoms with Gasteiger partial charge < -0.3 is 15.3 Å². The molecule has 2 aromatic carbocycles. The molecule has 0 fully saturated rings. The lowest BCUT2D eigenvalue weighted by Crippen LogP contribution is -2.29. The van der Waals surface area contributed by atoms with Crippen molar-refractivity contribution in [3.8, 4) is 11.5 Å². The van der Waals surface area contributed by atoms with Crippen molar-refractivity contribution in [1.82, 2.24) is 4.72 Å². The number of nitrogens with zero attached hydrogens (tertiary/aromatic N) is 1. The van der Waals surface area contributed by atoms with Crippen LogP contribution in [0.4, 0.5) is 5.69 Å². The van der Waals surface area contributed by atoms with Crippen LogP contribution in [0.3, 0.4) is 0 Å². The van der Waals surface area contributed by atoms with Gasteiger partial charge in [0.05, 0.1) is 6.20 Å². The molecule has 0 amide bonds. The van der Waals surface area contributed by atoms with Crippen molar-refractivity contribution in [3.05, 3.63) is 65.7 Å². The number of benzene rings is 2. The molecule has 0 atom stereocenters. The second kappa shape index (κ2) is 5.40. The number of hydrogen-bond acceptors (Lipinski definition) is 5. The summed E-state index contributed by atoms with van der Waals surface area (Å²) < 4.78 is 26.3. The Morgan fingerprint density at radius 1 is 0.957 bits per heavy atom. The molecule has 8 heteroatoms. The standard InChI is InChI=1S/C15H14N2O5S/c18-12-4-1-10(2-5-12)7-11-3-6-13(14(19)8-11)17-9-15(20)16-23(17,21)22/h1-6,8-9,16,18-20H,7H2. The summed E-state index contributed by atoms with van der Waals surface area (Å²) in [6, 6.07) is 11.3. The van der Waals surface area contributed by atoms with Crippen LogP contribution in [0.5, 0.6) is 11.5 Å². The van der Waals surface area contributed by atoms with E-state index in [0.717, 1.165) is 21.6 Å². The maximum absolute atomic E-state index is 11.8. The van der Waals surface area contributed by atoms with Crippen molar-refractivity contribution in [3.63, 3.8) is 0 Å². The Bertz CT molecular complexity index is 875. The van der Waals surface area contributed by atoms with Gasteiger partial charge in [-0.25, -0.2) is 9.03 Å². The Kier molecular flexibility index (Phi) is 3.53. The Hall–Kier alpha value is -2.87. The summed E-state index contributed by atoms with van der Waals surface area (Å²) in [6.07, 6.45) is 1.49. The van der Waals surface area contributed by atoms with Crippen LogP contribution in [0.15, 0.2) is 54.5 Å². The molecule has 0 radical (unpaired) electrons. The van der Waals surface area contributed by atoms with Gasteiger partial charge in [0.15, 0.2) is 0 Å². The van der Waals surface area contributed by atoms with Crippen LogP contribution in [-0.2, 0) is 16.6 Å². The van der Waals surface area contributed by atoms with Gasteiger partial charge in [-0.1, -0.05) is 18.2 Å². The Morgan fingerprint density at radius 2 is 1.61 bits per heavy atom. The molecule has 1 aliphatic rings. The van der Waals surface area contributed by atoms with E-state index in [1.807, 2.05) is 4.72 Å². The number of nitrogens with one attached hydrogen (secondary N) is 1. The van der Waals surface area contributed by atoms with E-state index in [-0.39, 0.29) is 17.2 Å². The first-order valence-corrected chi connectivity index (χ1v) is 8.12. The molecule has 2 aromatic rings. The van der Waals surface area contributed by atoms with Gasteiger partial charge in [0.1, 0.15) is 17.2 Å². The van der Waals surface area contributed by atoms with Crippen LogP contribution in [0.2, 0.25) is 0 Å². The lowest BCUT2D eigenvalue weighted by Gasteiger charge is -2.16. The third-order valence-corrected chi connectivity index (χ3v) is 4.64. The molecule has 0 aromatic heterocycles. The molecule has 0 saturated carbocycles. The summed E-state index contributed by atoms with van der Waals surface area (Å²) in [6.45, 7) is 0. The second-order valence-electron chi connectivity index (χ2n) is 5.08.